The first-order valence-corrected chi connectivity index (χ1v) is 8.27. The quantitative estimate of drug-likeness (QED) is 0.791. The topological polar surface area (TPSA) is 94.0 Å². The van der Waals surface area contributed by atoms with E-state index in [4.69, 9.17) is 4.74 Å². The third-order valence-corrected chi connectivity index (χ3v) is 4.03. The highest BCUT2D eigenvalue weighted by Gasteiger charge is 2.22. The number of hydrogen-bond donors (Lipinski definition) is 2. The van der Waals surface area contributed by atoms with Crippen molar-refractivity contribution in [3.05, 3.63) is 30.3 Å². The summed E-state index contributed by atoms with van der Waals surface area (Å²) in [6.07, 6.45) is 2.80. The van der Waals surface area contributed by atoms with Gasteiger partial charge in [-0.2, -0.15) is 4.68 Å². The lowest BCUT2D eigenvalue weighted by molar-refractivity contribution is -0.122. The molecule has 0 saturated carbocycles. The number of nitrogens with zero attached hydrogens (tertiary/aromatic N) is 4. The van der Waals surface area contributed by atoms with Gasteiger partial charge in [-0.05, 0) is 41.8 Å². The van der Waals surface area contributed by atoms with Gasteiger partial charge in [-0.3, -0.25) is 4.79 Å². The van der Waals surface area contributed by atoms with Crippen LogP contribution in [0.5, 0.6) is 0 Å². The summed E-state index contributed by atoms with van der Waals surface area (Å²) in [4.78, 5) is 12.4. The fourth-order valence-electron chi connectivity index (χ4n) is 2.67. The molecule has 2 atom stereocenters. The molecule has 3 rings (SSSR count). The van der Waals surface area contributed by atoms with E-state index in [1.807, 2.05) is 37.3 Å². The van der Waals surface area contributed by atoms with E-state index in [9.17, 15) is 4.79 Å². The molecule has 0 spiro atoms. The van der Waals surface area contributed by atoms with Crippen LogP contribution in [-0.2, 0) is 9.53 Å². The van der Waals surface area contributed by atoms with Gasteiger partial charge in [0.1, 0.15) is 6.04 Å². The Balaban J connectivity index is 1.63. The zero-order valence-corrected chi connectivity index (χ0v) is 13.7. The maximum Gasteiger partial charge on any atom is 0.248 e. The molecule has 2 N–H and O–H groups in total. The first-order valence-electron chi connectivity index (χ1n) is 8.27. The van der Waals surface area contributed by atoms with E-state index in [0.29, 0.717) is 18.9 Å². The first-order chi connectivity index (χ1) is 11.8. The fourth-order valence-corrected chi connectivity index (χ4v) is 2.67. The van der Waals surface area contributed by atoms with Crippen molar-refractivity contribution in [3.63, 3.8) is 0 Å². The van der Waals surface area contributed by atoms with Gasteiger partial charge in [-0.1, -0.05) is 30.2 Å². The lowest BCUT2D eigenvalue weighted by Gasteiger charge is -2.18. The average Bonchev–Trinajstić information content (AvgIpc) is 3.30. The first kappa shape index (κ1) is 16.4. The van der Waals surface area contributed by atoms with Gasteiger partial charge in [0.25, 0.3) is 0 Å². The number of rotatable bonds is 7. The van der Waals surface area contributed by atoms with Crippen LogP contribution in [0.25, 0.3) is 5.69 Å². The van der Waals surface area contributed by atoms with Gasteiger partial charge in [0.05, 0.1) is 11.8 Å². The van der Waals surface area contributed by atoms with E-state index >= 15 is 0 Å². The number of anilines is 1. The van der Waals surface area contributed by atoms with Gasteiger partial charge in [-0.25, -0.2) is 0 Å². The standard InChI is InChI=1S/C16H22N6O2/c1-2-14(15(23)17-11-13-9-6-10-24-13)18-16-19-20-21-22(16)12-7-4-3-5-8-12/h3-5,7-8,13-14H,2,6,9-11H2,1H3,(H,17,23)(H,18,19,21). The van der Waals surface area contributed by atoms with E-state index in [-0.39, 0.29) is 12.0 Å². The Morgan fingerprint density at radius 1 is 1.42 bits per heavy atom. The Morgan fingerprint density at radius 3 is 2.96 bits per heavy atom. The van der Waals surface area contributed by atoms with Crippen LogP contribution in [0.4, 0.5) is 5.95 Å². The molecule has 1 aliphatic rings. The van der Waals surface area contributed by atoms with Crippen LogP contribution in [-0.4, -0.2) is 51.4 Å². The number of tetrazole rings is 1. The molecule has 8 nitrogen and oxygen atoms in total. The average molecular weight is 330 g/mol. The van der Waals surface area contributed by atoms with Crippen molar-refractivity contribution >= 4 is 11.9 Å². The van der Waals surface area contributed by atoms with E-state index in [1.165, 1.54) is 0 Å². The van der Waals surface area contributed by atoms with Crippen molar-refractivity contribution < 1.29 is 9.53 Å². The minimum Gasteiger partial charge on any atom is -0.376 e. The predicted octanol–water partition coefficient (Wildman–Crippen LogP) is 1.15. The maximum atomic E-state index is 12.4. The third-order valence-electron chi connectivity index (χ3n) is 4.03. The Hall–Kier alpha value is -2.48. The van der Waals surface area contributed by atoms with E-state index in [0.717, 1.165) is 25.1 Å². The van der Waals surface area contributed by atoms with Gasteiger partial charge >= 0.3 is 0 Å². The lowest BCUT2D eigenvalue weighted by Crippen LogP contribution is -2.42. The minimum absolute atomic E-state index is 0.0735. The summed E-state index contributed by atoms with van der Waals surface area (Å²) in [6, 6.07) is 9.15. The largest absolute Gasteiger partial charge is 0.376 e. The molecule has 1 fully saturated rings. The molecule has 0 aliphatic carbocycles. The summed E-state index contributed by atoms with van der Waals surface area (Å²) in [5.74, 6) is 0.371. The molecule has 1 saturated heterocycles. The second kappa shape index (κ2) is 7.87. The molecular formula is C16H22N6O2. The number of ether oxygens (including phenoxy) is 1. The van der Waals surface area contributed by atoms with Gasteiger partial charge in [-0.15, -0.1) is 0 Å². The number of carbonyl (C=O) groups is 1. The normalized spacial score (nSPS) is 18.3. The number of carbonyl (C=O) groups excluding carboxylic acids is 1. The van der Waals surface area contributed by atoms with Crippen molar-refractivity contribution in [3.8, 4) is 5.69 Å². The van der Waals surface area contributed by atoms with Crippen LogP contribution >= 0.6 is 0 Å². The van der Waals surface area contributed by atoms with Crippen molar-refractivity contribution in [2.45, 2.75) is 38.3 Å². The number of hydrogen-bond acceptors (Lipinski definition) is 6. The lowest BCUT2D eigenvalue weighted by atomic mass is 10.2. The SMILES string of the molecule is CCC(Nc1nnnn1-c1ccccc1)C(=O)NCC1CCCO1. The molecule has 1 amide bonds. The predicted molar refractivity (Wildman–Crippen MR) is 88.8 cm³/mol. The summed E-state index contributed by atoms with van der Waals surface area (Å²) >= 11 is 0. The second-order valence-electron chi connectivity index (χ2n) is 5.74. The van der Waals surface area contributed by atoms with Crippen molar-refractivity contribution in [2.24, 2.45) is 0 Å². The molecule has 8 heteroatoms. The zero-order chi connectivity index (χ0) is 16.8. The number of amides is 1. The molecule has 1 aromatic carbocycles. The van der Waals surface area contributed by atoms with Gasteiger partial charge < -0.3 is 15.4 Å². The van der Waals surface area contributed by atoms with Crippen LogP contribution in [0.1, 0.15) is 26.2 Å². The maximum absolute atomic E-state index is 12.4. The van der Waals surface area contributed by atoms with Crippen LogP contribution in [0.15, 0.2) is 30.3 Å². The molecule has 0 bridgehead atoms. The van der Waals surface area contributed by atoms with Crippen LogP contribution in [0.2, 0.25) is 0 Å². The Kier molecular flexibility index (Phi) is 5.37. The van der Waals surface area contributed by atoms with Crippen molar-refractivity contribution in [1.29, 1.82) is 0 Å². The highest BCUT2D eigenvalue weighted by atomic mass is 16.5. The number of para-hydroxylation sites is 1. The van der Waals surface area contributed by atoms with Gasteiger partial charge in [0.2, 0.25) is 11.9 Å². The van der Waals surface area contributed by atoms with Crippen molar-refractivity contribution in [2.75, 3.05) is 18.5 Å². The molecule has 2 unspecified atom stereocenters. The highest BCUT2D eigenvalue weighted by molar-refractivity contribution is 5.84. The van der Waals surface area contributed by atoms with Crippen molar-refractivity contribution in [1.82, 2.24) is 25.5 Å². The zero-order valence-electron chi connectivity index (χ0n) is 13.7. The molecule has 128 valence electrons. The number of benzene rings is 1. The highest BCUT2D eigenvalue weighted by Crippen LogP contribution is 2.13. The van der Waals surface area contributed by atoms with E-state index in [1.54, 1.807) is 4.68 Å². The fraction of sp³-hybridized carbons (Fsp3) is 0.500. The summed E-state index contributed by atoms with van der Waals surface area (Å²) < 4.78 is 7.11. The van der Waals surface area contributed by atoms with Gasteiger partial charge in [0, 0.05) is 13.2 Å². The summed E-state index contributed by atoms with van der Waals surface area (Å²) in [7, 11) is 0. The monoisotopic (exact) mass is 330 g/mol. The smallest absolute Gasteiger partial charge is 0.248 e. The third kappa shape index (κ3) is 3.88. The van der Waals surface area contributed by atoms with Gasteiger partial charge in [0.15, 0.2) is 0 Å². The second-order valence-corrected chi connectivity index (χ2v) is 5.74. The Morgan fingerprint density at radius 2 is 2.25 bits per heavy atom. The number of nitrogens with one attached hydrogen (secondary N) is 2. The Labute approximate surface area is 140 Å². The Bertz CT molecular complexity index is 654. The van der Waals surface area contributed by atoms with Crippen LogP contribution in [0, 0.1) is 0 Å². The molecule has 1 aliphatic heterocycles. The summed E-state index contributed by atoms with van der Waals surface area (Å²) in [5, 5.41) is 17.7. The van der Waals surface area contributed by atoms with E-state index < -0.39 is 6.04 Å². The number of aromatic nitrogens is 4. The molecule has 0 radical (unpaired) electrons. The summed E-state index contributed by atoms with van der Waals surface area (Å²) in [5.41, 5.74) is 0.833. The molecule has 2 heterocycles. The molecule has 2 aromatic rings. The molecule has 24 heavy (non-hydrogen) atoms. The summed E-state index contributed by atoms with van der Waals surface area (Å²) in [6.45, 7) is 3.27. The van der Waals surface area contributed by atoms with E-state index in [2.05, 4.69) is 26.2 Å². The van der Waals surface area contributed by atoms with Crippen LogP contribution in [0.3, 0.4) is 0 Å². The minimum atomic E-state index is -0.403. The molecule has 1 aromatic heterocycles. The molecular weight excluding hydrogens is 308 g/mol. The van der Waals surface area contributed by atoms with Crippen LogP contribution < -0.4 is 10.6 Å².